The predicted molar refractivity (Wildman–Crippen MR) is 87.2 cm³/mol. The third-order valence-electron chi connectivity index (χ3n) is 4.22. The molecule has 0 radical (unpaired) electrons. The van der Waals surface area contributed by atoms with Crippen LogP contribution in [0.5, 0.6) is 0 Å². The molecule has 1 aliphatic carbocycles. The van der Waals surface area contributed by atoms with E-state index in [4.69, 9.17) is 0 Å². The van der Waals surface area contributed by atoms with Crippen LogP contribution in [0.15, 0.2) is 24.3 Å². The largest absolute Gasteiger partial charge is 0.347 e. The van der Waals surface area contributed by atoms with Crippen LogP contribution >= 0.6 is 0 Å². The SMILES string of the molecule is CC(C)CC(NC1CCCc2ccccc21)C(=O)N(C)C. The van der Waals surface area contributed by atoms with Gasteiger partial charge in [-0.2, -0.15) is 0 Å². The van der Waals surface area contributed by atoms with Crippen LogP contribution in [0.25, 0.3) is 0 Å². The molecular formula is C18H28N2O. The van der Waals surface area contributed by atoms with E-state index >= 15 is 0 Å². The van der Waals surface area contributed by atoms with Gasteiger partial charge in [-0.05, 0) is 42.7 Å². The van der Waals surface area contributed by atoms with Crippen LogP contribution in [-0.4, -0.2) is 30.9 Å². The molecule has 1 amide bonds. The van der Waals surface area contributed by atoms with Crippen molar-refractivity contribution in [2.45, 2.75) is 51.6 Å². The Morgan fingerprint density at radius 2 is 2.05 bits per heavy atom. The number of likely N-dealkylation sites (N-methyl/N-ethyl adjacent to an activating group) is 1. The van der Waals surface area contributed by atoms with Gasteiger partial charge in [0, 0.05) is 20.1 Å². The summed E-state index contributed by atoms with van der Waals surface area (Å²) in [5.41, 5.74) is 2.81. The molecule has 0 bridgehead atoms. The van der Waals surface area contributed by atoms with Gasteiger partial charge in [0.15, 0.2) is 0 Å². The van der Waals surface area contributed by atoms with Gasteiger partial charge in [-0.25, -0.2) is 0 Å². The average molecular weight is 288 g/mol. The summed E-state index contributed by atoms with van der Waals surface area (Å²) in [7, 11) is 3.68. The van der Waals surface area contributed by atoms with E-state index in [1.807, 2.05) is 14.1 Å². The van der Waals surface area contributed by atoms with E-state index < -0.39 is 0 Å². The zero-order valence-corrected chi connectivity index (χ0v) is 13.7. The van der Waals surface area contributed by atoms with E-state index in [0.29, 0.717) is 12.0 Å². The Bertz CT molecular complexity index is 482. The number of hydrogen-bond acceptors (Lipinski definition) is 2. The van der Waals surface area contributed by atoms with Crippen LogP contribution in [0.3, 0.4) is 0 Å². The number of carbonyl (C=O) groups is 1. The number of fused-ring (bicyclic) bond motifs is 1. The van der Waals surface area contributed by atoms with Gasteiger partial charge in [-0.3, -0.25) is 10.1 Å². The fraction of sp³-hybridized carbons (Fsp3) is 0.611. The number of nitrogens with zero attached hydrogens (tertiary/aromatic N) is 1. The molecule has 21 heavy (non-hydrogen) atoms. The Hall–Kier alpha value is -1.35. The molecule has 0 aromatic heterocycles. The number of amides is 1. The number of hydrogen-bond donors (Lipinski definition) is 1. The Morgan fingerprint density at radius 1 is 1.33 bits per heavy atom. The normalized spacial score (nSPS) is 19.2. The van der Waals surface area contributed by atoms with E-state index in [9.17, 15) is 4.79 Å². The molecule has 0 aliphatic heterocycles. The van der Waals surface area contributed by atoms with Crippen molar-refractivity contribution in [1.29, 1.82) is 0 Å². The van der Waals surface area contributed by atoms with Crippen molar-refractivity contribution in [2.75, 3.05) is 14.1 Å². The van der Waals surface area contributed by atoms with E-state index in [-0.39, 0.29) is 11.9 Å². The molecule has 1 aromatic carbocycles. The van der Waals surface area contributed by atoms with Crippen LogP contribution < -0.4 is 5.32 Å². The summed E-state index contributed by atoms with van der Waals surface area (Å²) in [5.74, 6) is 0.692. The Kier molecular flexibility index (Phi) is 5.40. The van der Waals surface area contributed by atoms with E-state index in [2.05, 4.69) is 43.4 Å². The van der Waals surface area contributed by atoms with Crippen molar-refractivity contribution in [3.8, 4) is 0 Å². The van der Waals surface area contributed by atoms with E-state index in [1.165, 1.54) is 17.5 Å². The van der Waals surface area contributed by atoms with Gasteiger partial charge in [0.25, 0.3) is 0 Å². The molecule has 2 atom stereocenters. The second-order valence-corrected chi connectivity index (χ2v) is 6.73. The van der Waals surface area contributed by atoms with Gasteiger partial charge in [0.1, 0.15) is 0 Å². The molecule has 1 N–H and O–H groups in total. The summed E-state index contributed by atoms with van der Waals surface area (Å²) < 4.78 is 0. The van der Waals surface area contributed by atoms with Gasteiger partial charge in [0.2, 0.25) is 5.91 Å². The lowest BCUT2D eigenvalue weighted by Crippen LogP contribution is -2.46. The maximum absolute atomic E-state index is 12.4. The van der Waals surface area contributed by atoms with Crippen molar-refractivity contribution in [2.24, 2.45) is 5.92 Å². The van der Waals surface area contributed by atoms with Crippen molar-refractivity contribution in [3.05, 3.63) is 35.4 Å². The lowest BCUT2D eigenvalue weighted by atomic mass is 9.87. The number of carbonyl (C=O) groups excluding carboxylic acids is 1. The van der Waals surface area contributed by atoms with Gasteiger partial charge in [-0.1, -0.05) is 38.1 Å². The van der Waals surface area contributed by atoms with Crippen LogP contribution in [-0.2, 0) is 11.2 Å². The first kappa shape index (κ1) is 16.0. The molecule has 3 heteroatoms. The standard InChI is InChI=1S/C18H28N2O/c1-13(2)12-17(18(21)20(3)4)19-16-11-7-9-14-8-5-6-10-15(14)16/h5-6,8,10,13,16-17,19H,7,9,11-12H2,1-4H3. The smallest absolute Gasteiger partial charge is 0.239 e. The third kappa shape index (κ3) is 4.07. The quantitative estimate of drug-likeness (QED) is 0.902. The molecule has 2 rings (SSSR count). The predicted octanol–water partition coefficient (Wildman–Crippen LogP) is 3.16. The van der Waals surface area contributed by atoms with Crippen molar-refractivity contribution in [3.63, 3.8) is 0 Å². The van der Waals surface area contributed by atoms with E-state index in [1.54, 1.807) is 4.90 Å². The highest BCUT2D eigenvalue weighted by Crippen LogP contribution is 2.30. The van der Waals surface area contributed by atoms with Crippen LogP contribution in [0.2, 0.25) is 0 Å². The first-order chi connectivity index (χ1) is 9.99. The molecule has 3 nitrogen and oxygen atoms in total. The number of benzene rings is 1. The summed E-state index contributed by atoms with van der Waals surface area (Å²) in [5, 5.41) is 3.63. The zero-order chi connectivity index (χ0) is 15.4. The van der Waals surface area contributed by atoms with Crippen LogP contribution in [0.1, 0.15) is 50.3 Å². The molecule has 2 unspecified atom stereocenters. The maximum atomic E-state index is 12.4. The second kappa shape index (κ2) is 7.08. The van der Waals surface area contributed by atoms with Crippen molar-refractivity contribution in [1.82, 2.24) is 10.2 Å². The number of aryl methyl sites for hydroxylation is 1. The molecule has 0 fully saturated rings. The third-order valence-corrected chi connectivity index (χ3v) is 4.22. The first-order valence-corrected chi connectivity index (χ1v) is 8.04. The zero-order valence-electron chi connectivity index (χ0n) is 13.7. The number of nitrogens with one attached hydrogen (secondary N) is 1. The number of rotatable bonds is 5. The van der Waals surface area contributed by atoms with Gasteiger partial charge in [-0.15, -0.1) is 0 Å². The van der Waals surface area contributed by atoms with Gasteiger partial charge in [0.05, 0.1) is 6.04 Å². The van der Waals surface area contributed by atoms with Crippen molar-refractivity contribution < 1.29 is 4.79 Å². The summed E-state index contributed by atoms with van der Waals surface area (Å²) in [6.07, 6.45) is 4.35. The van der Waals surface area contributed by atoms with Gasteiger partial charge < -0.3 is 4.90 Å². The molecule has 0 saturated heterocycles. The molecule has 1 aromatic rings. The summed E-state index contributed by atoms with van der Waals surface area (Å²) in [6, 6.07) is 8.85. The maximum Gasteiger partial charge on any atom is 0.239 e. The first-order valence-electron chi connectivity index (χ1n) is 8.04. The highest BCUT2D eigenvalue weighted by Gasteiger charge is 2.27. The van der Waals surface area contributed by atoms with E-state index in [0.717, 1.165) is 19.3 Å². The Morgan fingerprint density at radius 3 is 2.71 bits per heavy atom. The van der Waals surface area contributed by atoms with Crippen molar-refractivity contribution >= 4 is 5.91 Å². The minimum absolute atomic E-state index is 0.0869. The monoisotopic (exact) mass is 288 g/mol. The lowest BCUT2D eigenvalue weighted by Gasteiger charge is -2.32. The Balaban J connectivity index is 2.15. The van der Waals surface area contributed by atoms with Gasteiger partial charge >= 0.3 is 0 Å². The molecule has 0 heterocycles. The lowest BCUT2D eigenvalue weighted by molar-refractivity contribution is -0.131. The van der Waals surface area contributed by atoms with Crippen LogP contribution in [0.4, 0.5) is 0 Å². The topological polar surface area (TPSA) is 32.3 Å². The minimum Gasteiger partial charge on any atom is -0.347 e. The fourth-order valence-electron chi connectivity index (χ4n) is 3.19. The fourth-order valence-corrected chi connectivity index (χ4v) is 3.19. The summed E-state index contributed by atoms with van der Waals surface area (Å²) >= 11 is 0. The highest BCUT2D eigenvalue weighted by molar-refractivity contribution is 5.81. The average Bonchev–Trinajstić information content (AvgIpc) is 2.45. The highest BCUT2D eigenvalue weighted by atomic mass is 16.2. The summed E-state index contributed by atoms with van der Waals surface area (Å²) in [4.78, 5) is 14.1. The second-order valence-electron chi connectivity index (χ2n) is 6.73. The molecule has 0 saturated carbocycles. The molecular weight excluding hydrogens is 260 g/mol. The minimum atomic E-state index is -0.0869. The molecule has 1 aliphatic rings. The summed E-state index contributed by atoms with van der Waals surface area (Å²) in [6.45, 7) is 4.35. The molecule has 116 valence electrons. The van der Waals surface area contributed by atoms with Crippen LogP contribution in [0, 0.1) is 5.92 Å². The molecule has 0 spiro atoms. The Labute approximate surface area is 128 Å².